The van der Waals surface area contributed by atoms with Gasteiger partial charge in [0.15, 0.2) is 0 Å². The van der Waals surface area contributed by atoms with E-state index in [-0.39, 0.29) is 29.8 Å². The molecule has 0 radical (unpaired) electrons. The van der Waals surface area contributed by atoms with Gasteiger partial charge in [-0.05, 0) is 43.9 Å². The van der Waals surface area contributed by atoms with Crippen molar-refractivity contribution in [3.05, 3.63) is 28.8 Å². The predicted molar refractivity (Wildman–Crippen MR) is 88.4 cm³/mol. The lowest BCUT2D eigenvalue weighted by Gasteiger charge is -2.11. The van der Waals surface area contributed by atoms with Crippen LogP contribution in [0.25, 0.3) is 0 Å². The van der Waals surface area contributed by atoms with Crippen LogP contribution in [0.4, 0.5) is 5.69 Å². The van der Waals surface area contributed by atoms with Crippen molar-refractivity contribution >= 4 is 29.1 Å². The zero-order valence-corrected chi connectivity index (χ0v) is 13.9. The second kappa shape index (κ2) is 6.89. The maximum absolute atomic E-state index is 12.3. The van der Waals surface area contributed by atoms with Crippen LogP contribution in [0.15, 0.2) is 18.2 Å². The molecule has 2 fully saturated rings. The lowest BCUT2D eigenvalue weighted by atomic mass is 10.2. The Morgan fingerprint density at radius 2 is 2.09 bits per heavy atom. The SMILES string of the molecule is Cc1c(Cl)cccc1NC(=O)C1CC1C(=O)NCC1CCCO1. The molecule has 1 heterocycles. The first kappa shape index (κ1) is 16.3. The van der Waals surface area contributed by atoms with E-state index in [1.807, 2.05) is 13.0 Å². The molecule has 5 nitrogen and oxygen atoms in total. The van der Waals surface area contributed by atoms with Gasteiger partial charge in [-0.3, -0.25) is 9.59 Å². The van der Waals surface area contributed by atoms with E-state index in [9.17, 15) is 9.59 Å². The van der Waals surface area contributed by atoms with Crippen LogP contribution in [0.1, 0.15) is 24.8 Å². The van der Waals surface area contributed by atoms with E-state index >= 15 is 0 Å². The monoisotopic (exact) mass is 336 g/mol. The normalized spacial score (nSPS) is 25.9. The molecule has 2 amide bonds. The van der Waals surface area contributed by atoms with E-state index in [1.54, 1.807) is 12.1 Å². The number of nitrogens with one attached hydrogen (secondary N) is 2. The minimum absolute atomic E-state index is 0.0523. The molecule has 0 aromatic heterocycles. The van der Waals surface area contributed by atoms with Gasteiger partial charge in [0.2, 0.25) is 11.8 Å². The van der Waals surface area contributed by atoms with Gasteiger partial charge in [-0.15, -0.1) is 0 Å². The van der Waals surface area contributed by atoms with Crippen molar-refractivity contribution in [3.8, 4) is 0 Å². The largest absolute Gasteiger partial charge is 0.376 e. The quantitative estimate of drug-likeness (QED) is 0.868. The molecule has 1 saturated heterocycles. The summed E-state index contributed by atoms with van der Waals surface area (Å²) in [4.78, 5) is 24.3. The minimum Gasteiger partial charge on any atom is -0.376 e. The van der Waals surface area contributed by atoms with Gasteiger partial charge in [0, 0.05) is 23.9 Å². The lowest BCUT2D eigenvalue weighted by Crippen LogP contribution is -2.33. The summed E-state index contributed by atoms with van der Waals surface area (Å²) in [5.74, 6) is -0.648. The third kappa shape index (κ3) is 3.85. The Balaban J connectivity index is 1.48. The number of carbonyl (C=O) groups is 2. The second-order valence-corrected chi connectivity index (χ2v) is 6.64. The standard InChI is InChI=1S/C17H21ClN2O3/c1-10-14(18)5-2-6-15(10)20-17(22)13-8-12(13)16(21)19-9-11-4-3-7-23-11/h2,5-6,11-13H,3-4,7-9H2,1H3,(H,19,21)(H,20,22). The van der Waals surface area contributed by atoms with Gasteiger partial charge in [-0.2, -0.15) is 0 Å². The van der Waals surface area contributed by atoms with Crippen LogP contribution in [0.2, 0.25) is 5.02 Å². The maximum Gasteiger partial charge on any atom is 0.228 e. The van der Waals surface area contributed by atoms with E-state index in [2.05, 4.69) is 10.6 Å². The van der Waals surface area contributed by atoms with Crippen molar-refractivity contribution < 1.29 is 14.3 Å². The van der Waals surface area contributed by atoms with Gasteiger partial charge in [0.25, 0.3) is 0 Å². The Morgan fingerprint density at radius 3 is 2.83 bits per heavy atom. The fourth-order valence-corrected chi connectivity index (χ4v) is 3.07. The van der Waals surface area contributed by atoms with E-state index in [0.29, 0.717) is 23.7 Å². The highest BCUT2D eigenvalue weighted by atomic mass is 35.5. The first-order valence-corrected chi connectivity index (χ1v) is 8.39. The first-order valence-electron chi connectivity index (χ1n) is 8.01. The summed E-state index contributed by atoms with van der Waals surface area (Å²) in [6.07, 6.45) is 2.76. The molecule has 2 N–H and O–H groups in total. The summed E-state index contributed by atoms with van der Waals surface area (Å²) in [5.41, 5.74) is 1.54. The van der Waals surface area contributed by atoms with Crippen LogP contribution in [0.5, 0.6) is 0 Å². The molecular weight excluding hydrogens is 316 g/mol. The van der Waals surface area contributed by atoms with E-state index in [1.165, 1.54) is 0 Å². The fourth-order valence-electron chi connectivity index (χ4n) is 2.89. The number of hydrogen-bond acceptors (Lipinski definition) is 3. The van der Waals surface area contributed by atoms with Crippen LogP contribution in [0, 0.1) is 18.8 Å². The average Bonchev–Trinajstić information content (AvgIpc) is 3.17. The molecule has 3 atom stereocenters. The van der Waals surface area contributed by atoms with Gasteiger partial charge in [0.05, 0.1) is 17.9 Å². The molecule has 1 saturated carbocycles. The molecule has 23 heavy (non-hydrogen) atoms. The van der Waals surface area contributed by atoms with Crippen molar-refractivity contribution in [2.45, 2.75) is 32.3 Å². The smallest absolute Gasteiger partial charge is 0.228 e. The Hall–Kier alpha value is -1.59. The number of carbonyl (C=O) groups excluding carboxylic acids is 2. The molecule has 0 spiro atoms. The number of rotatable bonds is 5. The summed E-state index contributed by atoms with van der Waals surface area (Å²) in [7, 11) is 0. The highest BCUT2D eigenvalue weighted by molar-refractivity contribution is 6.31. The van der Waals surface area contributed by atoms with Crippen molar-refractivity contribution in [1.29, 1.82) is 0 Å². The molecular formula is C17H21ClN2O3. The zero-order chi connectivity index (χ0) is 16.4. The maximum atomic E-state index is 12.3. The Kier molecular flexibility index (Phi) is 4.87. The summed E-state index contributed by atoms with van der Waals surface area (Å²) < 4.78 is 5.47. The van der Waals surface area contributed by atoms with Crippen LogP contribution < -0.4 is 10.6 Å². The summed E-state index contributed by atoms with van der Waals surface area (Å²) >= 11 is 6.05. The number of hydrogen-bond donors (Lipinski definition) is 2. The minimum atomic E-state index is -0.252. The van der Waals surface area contributed by atoms with Gasteiger partial charge in [-0.25, -0.2) is 0 Å². The van der Waals surface area contributed by atoms with E-state index < -0.39 is 0 Å². The number of amides is 2. The third-order valence-electron chi connectivity index (χ3n) is 4.52. The molecule has 1 aliphatic carbocycles. The summed E-state index contributed by atoms with van der Waals surface area (Å²) in [6.45, 7) is 3.17. The number of ether oxygens (including phenoxy) is 1. The Morgan fingerprint density at radius 1 is 1.30 bits per heavy atom. The average molecular weight is 337 g/mol. The molecule has 1 aromatic rings. The highest BCUT2D eigenvalue weighted by Gasteiger charge is 2.48. The van der Waals surface area contributed by atoms with Crippen LogP contribution >= 0.6 is 11.6 Å². The fraction of sp³-hybridized carbons (Fsp3) is 0.529. The number of anilines is 1. The number of benzene rings is 1. The molecule has 0 bridgehead atoms. The predicted octanol–water partition coefficient (Wildman–Crippen LogP) is 2.52. The van der Waals surface area contributed by atoms with Crippen molar-refractivity contribution in [2.24, 2.45) is 11.8 Å². The van der Waals surface area contributed by atoms with Crippen LogP contribution in [-0.4, -0.2) is 31.1 Å². The molecule has 3 rings (SSSR count). The van der Waals surface area contributed by atoms with Gasteiger partial charge in [0.1, 0.15) is 0 Å². The third-order valence-corrected chi connectivity index (χ3v) is 4.93. The van der Waals surface area contributed by atoms with Crippen LogP contribution in [0.3, 0.4) is 0 Å². The molecule has 1 aliphatic heterocycles. The molecule has 124 valence electrons. The Labute approximate surface area is 140 Å². The lowest BCUT2D eigenvalue weighted by molar-refractivity contribution is -0.125. The van der Waals surface area contributed by atoms with Crippen LogP contribution in [-0.2, 0) is 14.3 Å². The second-order valence-electron chi connectivity index (χ2n) is 6.23. The van der Waals surface area contributed by atoms with Gasteiger partial charge in [-0.1, -0.05) is 17.7 Å². The van der Waals surface area contributed by atoms with E-state index in [4.69, 9.17) is 16.3 Å². The van der Waals surface area contributed by atoms with Gasteiger partial charge < -0.3 is 15.4 Å². The van der Waals surface area contributed by atoms with Crippen molar-refractivity contribution in [3.63, 3.8) is 0 Å². The molecule has 1 aromatic carbocycles. The summed E-state index contributed by atoms with van der Waals surface area (Å²) in [6, 6.07) is 5.39. The van der Waals surface area contributed by atoms with E-state index in [0.717, 1.165) is 25.0 Å². The van der Waals surface area contributed by atoms with Gasteiger partial charge >= 0.3 is 0 Å². The highest BCUT2D eigenvalue weighted by Crippen LogP contribution is 2.40. The summed E-state index contributed by atoms with van der Waals surface area (Å²) in [5, 5.41) is 6.37. The first-order chi connectivity index (χ1) is 11.1. The number of halogens is 1. The molecule has 2 aliphatic rings. The topological polar surface area (TPSA) is 67.4 Å². The van der Waals surface area contributed by atoms with Crippen molar-refractivity contribution in [1.82, 2.24) is 5.32 Å². The molecule has 6 heteroatoms. The Bertz CT molecular complexity index is 614. The molecule has 3 unspecified atom stereocenters. The van der Waals surface area contributed by atoms with Crippen molar-refractivity contribution in [2.75, 3.05) is 18.5 Å². The zero-order valence-electron chi connectivity index (χ0n) is 13.1.